The lowest BCUT2D eigenvalue weighted by molar-refractivity contribution is 0.0693. The number of pyridine rings is 1. The quantitative estimate of drug-likeness (QED) is 0.861. The highest BCUT2D eigenvalue weighted by atomic mass is 16.4. The smallest absolute Gasteiger partial charge is 0.341 e. The van der Waals surface area contributed by atoms with Crippen LogP contribution in [0.3, 0.4) is 0 Å². The highest BCUT2D eigenvalue weighted by Crippen LogP contribution is 2.08. The Labute approximate surface area is 109 Å². The van der Waals surface area contributed by atoms with Gasteiger partial charge in [-0.3, -0.25) is 9.48 Å². The van der Waals surface area contributed by atoms with Crippen molar-refractivity contribution in [2.45, 2.75) is 20.4 Å². The number of aryl methyl sites for hydroxylation is 3. The van der Waals surface area contributed by atoms with Crippen LogP contribution >= 0.6 is 0 Å². The third kappa shape index (κ3) is 2.26. The number of aromatic nitrogens is 4. The lowest BCUT2D eigenvalue weighted by atomic mass is 10.1. The third-order valence-electron chi connectivity index (χ3n) is 3.02. The van der Waals surface area contributed by atoms with E-state index in [1.807, 2.05) is 0 Å². The molecule has 100 valence electrons. The molecule has 1 N–H and O–H groups in total. The van der Waals surface area contributed by atoms with Crippen molar-refractivity contribution < 1.29 is 9.90 Å². The van der Waals surface area contributed by atoms with E-state index < -0.39 is 11.5 Å². The largest absolute Gasteiger partial charge is 0.477 e. The minimum Gasteiger partial charge on any atom is -0.477 e. The van der Waals surface area contributed by atoms with Gasteiger partial charge in [-0.25, -0.2) is 9.78 Å². The third-order valence-corrected chi connectivity index (χ3v) is 3.02. The first-order valence-corrected chi connectivity index (χ1v) is 5.69. The van der Waals surface area contributed by atoms with Crippen LogP contribution in [0, 0.1) is 13.8 Å². The van der Waals surface area contributed by atoms with Gasteiger partial charge in [0.25, 0.3) is 5.56 Å². The molecule has 0 radical (unpaired) electrons. The van der Waals surface area contributed by atoms with Crippen molar-refractivity contribution in [3.05, 3.63) is 45.4 Å². The van der Waals surface area contributed by atoms with Gasteiger partial charge in [-0.15, -0.1) is 0 Å². The molecule has 0 fully saturated rings. The van der Waals surface area contributed by atoms with Gasteiger partial charge in [0.05, 0.1) is 6.54 Å². The second kappa shape index (κ2) is 4.68. The van der Waals surface area contributed by atoms with Crippen molar-refractivity contribution >= 4 is 5.97 Å². The summed E-state index contributed by atoms with van der Waals surface area (Å²) < 4.78 is 2.94. The highest BCUT2D eigenvalue weighted by molar-refractivity contribution is 5.88. The van der Waals surface area contributed by atoms with Gasteiger partial charge in [0, 0.05) is 12.7 Å². The molecule has 0 aliphatic rings. The first-order valence-electron chi connectivity index (χ1n) is 5.69. The molecule has 2 rings (SSSR count). The van der Waals surface area contributed by atoms with E-state index in [9.17, 15) is 9.59 Å². The monoisotopic (exact) mass is 262 g/mol. The summed E-state index contributed by atoms with van der Waals surface area (Å²) in [6.07, 6.45) is 1.39. The summed E-state index contributed by atoms with van der Waals surface area (Å²) in [6, 6.07) is 1.68. The molecular formula is C12H14N4O3. The van der Waals surface area contributed by atoms with Crippen LogP contribution in [-0.2, 0) is 13.6 Å². The van der Waals surface area contributed by atoms with E-state index in [1.165, 1.54) is 10.9 Å². The summed E-state index contributed by atoms with van der Waals surface area (Å²) in [5, 5.41) is 13.0. The van der Waals surface area contributed by atoms with Gasteiger partial charge in [-0.05, 0) is 25.5 Å². The van der Waals surface area contributed by atoms with Crippen molar-refractivity contribution in [2.24, 2.45) is 7.05 Å². The molecule has 0 unspecified atom stereocenters. The summed E-state index contributed by atoms with van der Waals surface area (Å²) in [7, 11) is 1.72. The standard InChI is InChI=1S/C12H14N4O3/c1-7-4-8(2)16(11(17)10(7)12(18)19)5-9-13-6-14-15(9)3/h4,6H,5H2,1-3H3,(H,18,19). The highest BCUT2D eigenvalue weighted by Gasteiger charge is 2.17. The van der Waals surface area contributed by atoms with Crippen LogP contribution in [0.25, 0.3) is 0 Å². The lowest BCUT2D eigenvalue weighted by Crippen LogP contribution is -2.30. The zero-order valence-corrected chi connectivity index (χ0v) is 10.9. The SMILES string of the molecule is Cc1cc(C)n(Cc2ncnn2C)c(=O)c1C(=O)O. The molecule has 0 amide bonds. The Hall–Kier alpha value is -2.44. The van der Waals surface area contributed by atoms with E-state index in [1.54, 1.807) is 31.6 Å². The number of carboxylic acid groups (broad SMARTS) is 1. The molecule has 0 spiro atoms. The van der Waals surface area contributed by atoms with Crippen LogP contribution in [0.5, 0.6) is 0 Å². The molecule has 7 nitrogen and oxygen atoms in total. The number of carboxylic acids is 1. The molecule has 2 aromatic rings. The summed E-state index contributed by atoms with van der Waals surface area (Å²) >= 11 is 0. The fourth-order valence-corrected chi connectivity index (χ4v) is 1.99. The average molecular weight is 262 g/mol. The zero-order valence-electron chi connectivity index (χ0n) is 10.9. The number of carbonyl (C=O) groups is 1. The number of hydrogen-bond acceptors (Lipinski definition) is 4. The van der Waals surface area contributed by atoms with Gasteiger partial charge in [0.1, 0.15) is 17.7 Å². The Bertz CT molecular complexity index is 699. The predicted molar refractivity (Wildman–Crippen MR) is 67.2 cm³/mol. The second-order valence-electron chi connectivity index (χ2n) is 4.34. The first kappa shape index (κ1) is 13.0. The fourth-order valence-electron chi connectivity index (χ4n) is 1.99. The van der Waals surface area contributed by atoms with Crippen molar-refractivity contribution in [3.63, 3.8) is 0 Å². The van der Waals surface area contributed by atoms with Crippen molar-refractivity contribution in [1.29, 1.82) is 0 Å². The van der Waals surface area contributed by atoms with E-state index >= 15 is 0 Å². The molecule has 0 atom stereocenters. The Balaban J connectivity index is 2.58. The fraction of sp³-hybridized carbons (Fsp3) is 0.333. The van der Waals surface area contributed by atoms with Crippen LogP contribution in [-0.4, -0.2) is 30.4 Å². The molecule has 0 aliphatic heterocycles. The van der Waals surface area contributed by atoms with E-state index in [4.69, 9.17) is 5.11 Å². The van der Waals surface area contributed by atoms with Crippen LogP contribution in [0.1, 0.15) is 27.4 Å². The minimum absolute atomic E-state index is 0.196. The van der Waals surface area contributed by atoms with Crippen LogP contribution in [0.4, 0.5) is 0 Å². The van der Waals surface area contributed by atoms with Gasteiger partial charge >= 0.3 is 5.97 Å². The number of aromatic carboxylic acids is 1. The average Bonchev–Trinajstić information content (AvgIpc) is 2.69. The Morgan fingerprint density at radius 1 is 1.42 bits per heavy atom. The number of nitrogens with zero attached hydrogens (tertiary/aromatic N) is 4. The predicted octanol–water partition coefficient (Wildman–Crippen LogP) is 0.340. The zero-order chi connectivity index (χ0) is 14.2. The lowest BCUT2D eigenvalue weighted by Gasteiger charge is -2.12. The van der Waals surface area contributed by atoms with Gasteiger partial charge in [-0.1, -0.05) is 0 Å². The van der Waals surface area contributed by atoms with Crippen molar-refractivity contribution in [2.75, 3.05) is 0 Å². The Morgan fingerprint density at radius 3 is 2.63 bits per heavy atom. The maximum absolute atomic E-state index is 12.2. The molecule has 0 aliphatic carbocycles. The van der Waals surface area contributed by atoms with Crippen LogP contribution < -0.4 is 5.56 Å². The topological polar surface area (TPSA) is 90.0 Å². The van der Waals surface area contributed by atoms with Crippen molar-refractivity contribution in [1.82, 2.24) is 19.3 Å². The summed E-state index contributed by atoms with van der Waals surface area (Å²) in [5.74, 6) is -0.625. The van der Waals surface area contributed by atoms with Gasteiger partial charge in [0.15, 0.2) is 0 Å². The minimum atomic E-state index is -1.21. The molecule has 0 bridgehead atoms. The van der Waals surface area contributed by atoms with Crippen molar-refractivity contribution in [3.8, 4) is 0 Å². The van der Waals surface area contributed by atoms with Crippen LogP contribution in [0.15, 0.2) is 17.2 Å². The van der Waals surface area contributed by atoms with Gasteiger partial charge < -0.3 is 9.67 Å². The molecule has 0 saturated heterocycles. The van der Waals surface area contributed by atoms with E-state index in [0.717, 1.165) is 0 Å². The van der Waals surface area contributed by atoms with Gasteiger partial charge in [0.2, 0.25) is 0 Å². The number of rotatable bonds is 3. The molecule has 2 aromatic heterocycles. The first-order chi connectivity index (χ1) is 8.91. The summed E-state index contributed by atoms with van der Waals surface area (Å²) in [6.45, 7) is 3.57. The van der Waals surface area contributed by atoms with E-state index in [0.29, 0.717) is 17.1 Å². The maximum atomic E-state index is 12.2. The van der Waals surface area contributed by atoms with Crippen LogP contribution in [0.2, 0.25) is 0 Å². The molecular weight excluding hydrogens is 248 g/mol. The van der Waals surface area contributed by atoms with Gasteiger partial charge in [-0.2, -0.15) is 5.10 Å². The molecule has 0 saturated carbocycles. The summed E-state index contributed by atoms with van der Waals surface area (Å²) in [5.41, 5.74) is 0.431. The maximum Gasteiger partial charge on any atom is 0.341 e. The van der Waals surface area contributed by atoms with E-state index in [-0.39, 0.29) is 12.1 Å². The molecule has 7 heteroatoms. The molecule has 0 aromatic carbocycles. The normalized spacial score (nSPS) is 10.7. The second-order valence-corrected chi connectivity index (χ2v) is 4.34. The summed E-state index contributed by atoms with van der Waals surface area (Å²) in [4.78, 5) is 27.4. The van der Waals surface area contributed by atoms with E-state index in [2.05, 4.69) is 10.1 Å². The number of hydrogen-bond donors (Lipinski definition) is 1. The Kier molecular flexibility index (Phi) is 3.20. The Morgan fingerprint density at radius 2 is 2.11 bits per heavy atom. The molecule has 19 heavy (non-hydrogen) atoms. The molecule has 2 heterocycles.